The van der Waals surface area contributed by atoms with Gasteiger partial charge in [0.1, 0.15) is 5.78 Å². The van der Waals surface area contributed by atoms with Crippen LogP contribution in [0, 0.1) is 5.92 Å². The van der Waals surface area contributed by atoms with Gasteiger partial charge in [0.05, 0.1) is 5.92 Å². The second kappa shape index (κ2) is 10.4. The highest BCUT2D eigenvalue weighted by Gasteiger charge is 2.29. The van der Waals surface area contributed by atoms with Crippen LogP contribution in [-0.2, 0) is 9.59 Å². The molecule has 3 rings (SSSR count). The lowest BCUT2D eigenvalue weighted by Gasteiger charge is -2.15. The number of Topliss-reactive ketones (excluding diaryl/α,β-unsaturated/α-hetero) is 2. The summed E-state index contributed by atoms with van der Waals surface area (Å²) in [5.41, 5.74) is 1.99. The average Bonchev–Trinajstić information content (AvgIpc) is 3.28. The lowest BCUT2D eigenvalue weighted by molar-refractivity contribution is -0.119. The Labute approximate surface area is 179 Å². The first-order valence-corrected chi connectivity index (χ1v) is 11.4. The highest BCUT2D eigenvalue weighted by Crippen LogP contribution is 2.41. The van der Waals surface area contributed by atoms with Gasteiger partial charge in [-0.1, -0.05) is 66.7 Å². The van der Waals surface area contributed by atoms with E-state index >= 15 is 0 Å². The smallest absolute Gasteiger partial charge is 0.183 e. The van der Waals surface area contributed by atoms with E-state index in [2.05, 4.69) is 0 Å². The van der Waals surface area contributed by atoms with Crippen LogP contribution < -0.4 is 0 Å². The standard InChI is InChI=1S/C24H22O3S2/c1-17(25)20(23(27)19-10-6-3-7-11-19)16-21(24-28-14-15-29-24)22(26)13-12-18-8-4-2-5-9-18/h2-13,20H,14-16H2,1H3/b13-12+. The minimum atomic E-state index is -0.851. The van der Waals surface area contributed by atoms with Gasteiger partial charge in [0.2, 0.25) is 0 Å². The van der Waals surface area contributed by atoms with Crippen LogP contribution >= 0.6 is 23.5 Å². The van der Waals surface area contributed by atoms with Crippen LogP contribution in [0.25, 0.3) is 6.08 Å². The molecule has 5 heteroatoms. The zero-order valence-corrected chi connectivity index (χ0v) is 17.8. The molecular weight excluding hydrogens is 400 g/mol. The summed E-state index contributed by atoms with van der Waals surface area (Å²) in [5, 5.41) is 0. The normalized spacial score (nSPS) is 14.7. The number of ketones is 3. The number of allylic oxidation sites excluding steroid dienone is 2. The maximum absolute atomic E-state index is 13.0. The third-order valence-electron chi connectivity index (χ3n) is 4.59. The molecule has 2 aromatic carbocycles. The van der Waals surface area contributed by atoms with Crippen LogP contribution in [0.2, 0.25) is 0 Å². The summed E-state index contributed by atoms with van der Waals surface area (Å²) >= 11 is 3.25. The van der Waals surface area contributed by atoms with Crippen LogP contribution in [0.3, 0.4) is 0 Å². The number of carbonyl (C=O) groups excluding carboxylic acids is 3. The highest BCUT2D eigenvalue weighted by molar-refractivity contribution is 8.25. The summed E-state index contributed by atoms with van der Waals surface area (Å²) in [6, 6.07) is 18.4. The van der Waals surface area contributed by atoms with Gasteiger partial charge in [-0.15, -0.1) is 23.5 Å². The minimum absolute atomic E-state index is 0.135. The number of benzene rings is 2. The first-order valence-electron chi connectivity index (χ1n) is 9.42. The molecule has 1 fully saturated rings. The lowest BCUT2D eigenvalue weighted by atomic mass is 9.87. The number of hydrogen-bond donors (Lipinski definition) is 0. The largest absolute Gasteiger partial charge is 0.299 e. The van der Waals surface area contributed by atoms with Crippen LogP contribution in [0.4, 0.5) is 0 Å². The van der Waals surface area contributed by atoms with Crippen molar-refractivity contribution in [2.45, 2.75) is 13.3 Å². The van der Waals surface area contributed by atoms with Gasteiger partial charge in [0.25, 0.3) is 0 Å². The molecule has 0 amide bonds. The maximum atomic E-state index is 13.0. The van der Waals surface area contributed by atoms with E-state index < -0.39 is 5.92 Å². The maximum Gasteiger partial charge on any atom is 0.183 e. The molecule has 3 nitrogen and oxygen atoms in total. The molecule has 1 atom stereocenters. The molecule has 0 saturated carbocycles. The number of rotatable bonds is 8. The zero-order valence-electron chi connectivity index (χ0n) is 16.2. The van der Waals surface area contributed by atoms with Crippen molar-refractivity contribution >= 4 is 46.9 Å². The molecule has 2 aromatic rings. The van der Waals surface area contributed by atoms with E-state index in [1.807, 2.05) is 36.4 Å². The molecule has 0 N–H and O–H groups in total. The number of thioether (sulfide) groups is 2. The third kappa shape index (κ3) is 5.81. The quantitative estimate of drug-likeness (QED) is 0.322. The summed E-state index contributed by atoms with van der Waals surface area (Å²) < 4.78 is 0.930. The summed E-state index contributed by atoms with van der Waals surface area (Å²) in [5.74, 6) is 0.412. The van der Waals surface area contributed by atoms with Gasteiger partial charge in [-0.2, -0.15) is 0 Å². The summed E-state index contributed by atoms with van der Waals surface area (Å²) in [6.45, 7) is 1.42. The van der Waals surface area contributed by atoms with E-state index in [-0.39, 0.29) is 23.8 Å². The van der Waals surface area contributed by atoms with E-state index in [1.165, 1.54) is 6.92 Å². The second-order valence-corrected chi connectivity index (χ2v) is 9.14. The minimum Gasteiger partial charge on any atom is -0.299 e. The first kappa shape index (κ1) is 21.3. The van der Waals surface area contributed by atoms with E-state index in [9.17, 15) is 14.4 Å². The summed E-state index contributed by atoms with van der Waals surface area (Å²) in [7, 11) is 0. The fourth-order valence-electron chi connectivity index (χ4n) is 3.03. The van der Waals surface area contributed by atoms with Crippen molar-refractivity contribution in [3.05, 3.63) is 87.7 Å². The van der Waals surface area contributed by atoms with Gasteiger partial charge in [-0.3, -0.25) is 14.4 Å². The Morgan fingerprint density at radius 1 is 0.931 bits per heavy atom. The Bertz CT molecular complexity index is 939. The van der Waals surface area contributed by atoms with Crippen LogP contribution in [0.1, 0.15) is 29.3 Å². The monoisotopic (exact) mass is 422 g/mol. The van der Waals surface area contributed by atoms with E-state index in [4.69, 9.17) is 0 Å². The summed E-state index contributed by atoms with van der Waals surface area (Å²) in [4.78, 5) is 38.3. The third-order valence-corrected chi connectivity index (χ3v) is 7.39. The molecule has 1 aliphatic heterocycles. The second-order valence-electron chi connectivity index (χ2n) is 6.67. The molecule has 0 spiro atoms. The number of carbonyl (C=O) groups is 3. The van der Waals surface area contributed by atoms with E-state index in [1.54, 1.807) is 59.9 Å². The first-order chi connectivity index (χ1) is 14.1. The van der Waals surface area contributed by atoms with Crippen molar-refractivity contribution in [1.29, 1.82) is 0 Å². The Morgan fingerprint density at radius 3 is 2.10 bits per heavy atom. The molecular formula is C24H22O3S2. The van der Waals surface area contributed by atoms with Crippen molar-refractivity contribution in [2.75, 3.05) is 11.5 Å². The van der Waals surface area contributed by atoms with Crippen molar-refractivity contribution < 1.29 is 14.4 Å². The molecule has 1 unspecified atom stereocenters. The van der Waals surface area contributed by atoms with Crippen LogP contribution in [0.15, 0.2) is 76.5 Å². The van der Waals surface area contributed by atoms with Gasteiger partial charge in [-0.05, 0) is 25.0 Å². The molecule has 1 heterocycles. The van der Waals surface area contributed by atoms with Crippen molar-refractivity contribution in [3.63, 3.8) is 0 Å². The Kier molecular flexibility index (Phi) is 7.67. The Balaban J connectivity index is 1.87. The molecule has 0 aliphatic carbocycles. The van der Waals surface area contributed by atoms with E-state index in [0.717, 1.165) is 21.3 Å². The molecule has 0 radical (unpaired) electrons. The SMILES string of the molecule is CC(=O)C(CC(C(=O)/C=C/c1ccccc1)=C1SCCS1)C(=O)c1ccccc1. The highest BCUT2D eigenvalue weighted by atomic mass is 32.2. The molecule has 148 valence electrons. The lowest BCUT2D eigenvalue weighted by Crippen LogP contribution is -2.24. The fraction of sp³-hybridized carbons (Fsp3) is 0.208. The molecule has 1 saturated heterocycles. The van der Waals surface area contributed by atoms with Gasteiger partial charge in [0.15, 0.2) is 11.6 Å². The van der Waals surface area contributed by atoms with Crippen LogP contribution in [0.5, 0.6) is 0 Å². The Morgan fingerprint density at radius 2 is 1.52 bits per heavy atom. The summed E-state index contributed by atoms with van der Waals surface area (Å²) in [6.07, 6.45) is 3.45. The average molecular weight is 423 g/mol. The van der Waals surface area contributed by atoms with Crippen molar-refractivity contribution in [2.24, 2.45) is 5.92 Å². The van der Waals surface area contributed by atoms with Gasteiger partial charge in [0, 0.05) is 26.9 Å². The molecule has 29 heavy (non-hydrogen) atoms. The predicted molar refractivity (Wildman–Crippen MR) is 122 cm³/mol. The van der Waals surface area contributed by atoms with Crippen LogP contribution in [-0.4, -0.2) is 28.9 Å². The predicted octanol–water partition coefficient (Wildman–Crippen LogP) is 5.44. The zero-order chi connectivity index (χ0) is 20.6. The molecule has 1 aliphatic rings. The van der Waals surface area contributed by atoms with Gasteiger partial charge in [-0.25, -0.2) is 0 Å². The topological polar surface area (TPSA) is 51.2 Å². The number of hydrogen-bond acceptors (Lipinski definition) is 5. The van der Waals surface area contributed by atoms with Crippen molar-refractivity contribution in [3.8, 4) is 0 Å². The van der Waals surface area contributed by atoms with Gasteiger partial charge < -0.3 is 0 Å². The van der Waals surface area contributed by atoms with Crippen molar-refractivity contribution in [1.82, 2.24) is 0 Å². The van der Waals surface area contributed by atoms with E-state index in [0.29, 0.717) is 11.1 Å². The fourth-order valence-corrected chi connectivity index (χ4v) is 5.62. The molecule has 0 aromatic heterocycles. The Hall–Kier alpha value is -2.37. The molecule has 0 bridgehead atoms. The van der Waals surface area contributed by atoms with Gasteiger partial charge >= 0.3 is 0 Å².